The topological polar surface area (TPSA) is 108 Å². The number of rotatable bonds is 13. The number of benzene rings is 5. The summed E-state index contributed by atoms with van der Waals surface area (Å²) in [6.45, 7) is 7.03. The first kappa shape index (κ1) is 37.7. The van der Waals surface area contributed by atoms with Crippen LogP contribution in [0.25, 0.3) is 0 Å². The van der Waals surface area contributed by atoms with E-state index in [2.05, 4.69) is 69.3 Å². The van der Waals surface area contributed by atoms with Crippen molar-refractivity contribution in [1.29, 1.82) is 0 Å². The Morgan fingerprint density at radius 3 is 1.63 bits per heavy atom. The van der Waals surface area contributed by atoms with Gasteiger partial charge in [0, 0.05) is 22.6 Å². The predicted molar refractivity (Wildman–Crippen MR) is 211 cm³/mol. The predicted octanol–water partition coefficient (Wildman–Crippen LogP) is 6.94. The van der Waals surface area contributed by atoms with E-state index in [1.54, 1.807) is 12.1 Å². The van der Waals surface area contributed by atoms with Crippen LogP contribution in [-0.4, -0.2) is 51.9 Å². The van der Waals surface area contributed by atoms with Crippen LogP contribution in [0.3, 0.4) is 0 Å². The Bertz CT molecular complexity index is 1780. The Kier molecular flexibility index (Phi) is 12.7. The summed E-state index contributed by atoms with van der Waals surface area (Å²) in [5.41, 5.74) is 15.7. The summed E-state index contributed by atoms with van der Waals surface area (Å²) in [6, 6.07) is 45.9. The number of nitrogens with two attached hydrogens (primary N) is 2. The van der Waals surface area contributed by atoms with Crippen molar-refractivity contribution in [1.82, 2.24) is 0 Å². The molecule has 0 unspecified atom stereocenters. The van der Waals surface area contributed by atoms with Crippen LogP contribution >= 0.6 is 11.8 Å². The van der Waals surface area contributed by atoms with Crippen molar-refractivity contribution in [3.63, 3.8) is 0 Å². The van der Waals surface area contributed by atoms with Gasteiger partial charge in [0.1, 0.15) is 0 Å². The van der Waals surface area contributed by atoms with Gasteiger partial charge in [-0.2, -0.15) is 0 Å². The number of para-hydroxylation sites is 1. The van der Waals surface area contributed by atoms with Gasteiger partial charge < -0.3 is 20.6 Å². The second-order valence-electron chi connectivity index (χ2n) is 13.5. The molecule has 9 heteroatoms. The summed E-state index contributed by atoms with van der Waals surface area (Å²) in [6.07, 6.45) is -0.817. The summed E-state index contributed by atoms with van der Waals surface area (Å²) >= 11 is 1.46. The largest absolute Gasteiger partial charge is 0.452 e. The first-order valence-corrected chi connectivity index (χ1v) is 20.0. The number of nitrogens with zero attached hydrogens (tertiary/aromatic N) is 1. The number of carbonyl (C=O) groups excluding carboxylic acids is 2. The summed E-state index contributed by atoms with van der Waals surface area (Å²) in [4.78, 5) is 29.5. The number of hydrogen-bond donors (Lipinski definition) is 2. The highest BCUT2D eigenvalue weighted by atomic mass is 32.2. The Hall–Kier alpha value is -4.51. The molecular formula is C42H47N3O4SSi. The summed E-state index contributed by atoms with van der Waals surface area (Å²) in [7, 11) is -1.52. The smallest absolute Gasteiger partial charge is 0.421 e. The normalized spacial score (nSPS) is 13.0. The molecule has 0 radical (unpaired) electrons. The third-order valence-corrected chi connectivity index (χ3v) is 15.3. The Balaban J connectivity index is 1.40. The number of ether oxygens (including phenoxy) is 1. The zero-order valence-corrected chi connectivity index (χ0v) is 31.5. The lowest BCUT2D eigenvalue weighted by molar-refractivity contribution is -0.119. The van der Waals surface area contributed by atoms with Gasteiger partial charge in [-0.1, -0.05) is 154 Å². The van der Waals surface area contributed by atoms with Gasteiger partial charge in [-0.05, 0) is 38.7 Å². The molecule has 0 saturated carbocycles. The number of carbonyl (C=O) groups is 2. The van der Waals surface area contributed by atoms with E-state index in [4.69, 9.17) is 20.6 Å². The van der Waals surface area contributed by atoms with Gasteiger partial charge in [0.2, 0.25) is 0 Å². The number of thioether (sulfide) groups is 1. The van der Waals surface area contributed by atoms with Gasteiger partial charge >= 0.3 is 6.09 Å². The molecule has 4 N–H and O–H groups in total. The maximum atomic E-state index is 14.3. The average Bonchev–Trinajstić information content (AvgIpc) is 3.16. The molecule has 0 fully saturated rings. The molecule has 0 bridgehead atoms. The molecule has 51 heavy (non-hydrogen) atoms. The van der Waals surface area contributed by atoms with Gasteiger partial charge in [-0.25, -0.2) is 9.69 Å². The molecule has 2 amide bonds. The lowest BCUT2D eigenvalue weighted by Crippen LogP contribution is -2.67. The van der Waals surface area contributed by atoms with Crippen LogP contribution in [0.5, 0.6) is 0 Å². The maximum absolute atomic E-state index is 14.3. The molecule has 5 aromatic carbocycles. The molecule has 0 aromatic heterocycles. The number of hydrogen-bond acceptors (Lipinski definition) is 7. The molecule has 0 spiro atoms. The van der Waals surface area contributed by atoms with Crippen molar-refractivity contribution in [2.75, 3.05) is 24.4 Å². The van der Waals surface area contributed by atoms with Crippen LogP contribution in [0.4, 0.5) is 10.5 Å². The molecule has 0 aliphatic carbocycles. The van der Waals surface area contributed by atoms with E-state index in [9.17, 15) is 9.59 Å². The number of amides is 2. The highest BCUT2D eigenvalue weighted by Gasteiger charge is 2.50. The van der Waals surface area contributed by atoms with Crippen molar-refractivity contribution >= 4 is 48.1 Å². The fraction of sp³-hybridized carbons (Fsp3) is 0.238. The molecule has 0 aliphatic heterocycles. The number of methoxy groups -OCH3 is 1. The summed E-state index contributed by atoms with van der Waals surface area (Å²) < 4.78 is 12.2. The van der Waals surface area contributed by atoms with E-state index >= 15 is 0 Å². The second-order valence-corrected chi connectivity index (χ2v) is 18.8. The van der Waals surface area contributed by atoms with E-state index in [1.807, 2.05) is 84.9 Å². The zero-order valence-electron chi connectivity index (χ0n) is 29.6. The van der Waals surface area contributed by atoms with Crippen LogP contribution in [0.15, 0.2) is 150 Å². The van der Waals surface area contributed by atoms with Crippen LogP contribution in [0.1, 0.15) is 37.8 Å². The third kappa shape index (κ3) is 8.52. The van der Waals surface area contributed by atoms with Gasteiger partial charge in [-0.15, -0.1) is 11.8 Å². The molecular weight excluding hydrogens is 671 g/mol. The second kappa shape index (κ2) is 17.1. The molecule has 264 valence electrons. The van der Waals surface area contributed by atoms with Gasteiger partial charge in [0.15, 0.2) is 0 Å². The van der Waals surface area contributed by atoms with Gasteiger partial charge in [0.25, 0.3) is 14.2 Å². The maximum Gasteiger partial charge on any atom is 0.421 e. The summed E-state index contributed by atoms with van der Waals surface area (Å²) in [5, 5.41) is 2.18. The Morgan fingerprint density at radius 1 is 0.706 bits per heavy atom. The zero-order chi connectivity index (χ0) is 36.4. The summed E-state index contributed by atoms with van der Waals surface area (Å²) in [5.74, 6) is -0.605. The first-order valence-electron chi connectivity index (χ1n) is 17.1. The molecule has 0 saturated heterocycles. The van der Waals surface area contributed by atoms with E-state index in [-0.39, 0.29) is 11.1 Å². The van der Waals surface area contributed by atoms with Crippen molar-refractivity contribution in [2.45, 2.75) is 48.7 Å². The van der Waals surface area contributed by atoms with Crippen molar-refractivity contribution in [2.24, 2.45) is 11.5 Å². The first-order chi connectivity index (χ1) is 24.6. The quantitative estimate of drug-likeness (QED) is 0.100. The van der Waals surface area contributed by atoms with Crippen LogP contribution < -0.4 is 26.7 Å². The molecule has 0 heterocycles. The lowest BCUT2D eigenvalue weighted by atomic mass is 9.85. The van der Waals surface area contributed by atoms with E-state index < -0.39 is 32.3 Å². The molecule has 5 aromatic rings. The average molecular weight is 718 g/mol. The monoisotopic (exact) mass is 717 g/mol. The highest BCUT2D eigenvalue weighted by molar-refractivity contribution is 7.99. The van der Waals surface area contributed by atoms with Crippen LogP contribution in [0.2, 0.25) is 5.04 Å². The lowest BCUT2D eigenvalue weighted by Gasteiger charge is -2.43. The Morgan fingerprint density at radius 2 is 1.16 bits per heavy atom. The van der Waals surface area contributed by atoms with E-state index in [1.165, 1.54) is 29.2 Å². The molecule has 7 nitrogen and oxygen atoms in total. The fourth-order valence-electron chi connectivity index (χ4n) is 6.62. The number of imide groups is 1. The SMILES string of the molecule is COC(=O)N(C(=O)[C@@H](N)C(c1ccccc1)c1ccccc1)c1ccccc1SC[C@H](N)CO[Si](c1ccccc1)(c1ccccc1)C(C)(C)C. The van der Waals surface area contributed by atoms with Gasteiger partial charge in [0.05, 0.1) is 25.4 Å². The minimum atomic E-state index is -2.78. The Labute approximate surface area is 307 Å². The third-order valence-electron chi connectivity index (χ3n) is 9.03. The van der Waals surface area contributed by atoms with Crippen LogP contribution in [-0.2, 0) is 14.0 Å². The molecule has 5 rings (SSSR count). The highest BCUT2D eigenvalue weighted by Crippen LogP contribution is 2.38. The van der Waals surface area contributed by atoms with Gasteiger partial charge in [-0.3, -0.25) is 4.79 Å². The number of anilines is 1. The minimum Gasteiger partial charge on any atom is -0.452 e. The van der Waals surface area contributed by atoms with Crippen molar-refractivity contribution < 1.29 is 18.8 Å². The fourth-order valence-corrected chi connectivity index (χ4v) is 12.2. The standard InChI is InChI=1S/C42H47N3O4SSi/c1-42(2,3)51(34-23-13-7-14-24-34,35-25-15-8-16-26-35)49-29-33(43)30-50-37-28-18-17-27-36(37)45(41(47)48-4)40(46)39(44)38(31-19-9-5-10-20-31)32-21-11-6-12-22-32/h5-28,33,38-39H,29-30,43-44H2,1-4H3/t33-,39+/m1/s1. The van der Waals surface area contributed by atoms with Crippen molar-refractivity contribution in [3.05, 3.63) is 157 Å². The van der Waals surface area contributed by atoms with Crippen molar-refractivity contribution in [3.8, 4) is 0 Å². The molecule has 0 aliphatic rings. The van der Waals surface area contributed by atoms with E-state index in [0.29, 0.717) is 22.9 Å². The van der Waals surface area contributed by atoms with E-state index in [0.717, 1.165) is 16.0 Å². The molecule has 2 atom stereocenters. The van der Waals surface area contributed by atoms with Crippen LogP contribution in [0, 0.1) is 0 Å². The minimum absolute atomic E-state index is 0.188.